The number of rotatable bonds is 5. The second kappa shape index (κ2) is 9.46. The van der Waals surface area contributed by atoms with Crippen LogP contribution in [0.15, 0.2) is 115 Å². The minimum Gasteiger partial charge on any atom is -0.339 e. The Morgan fingerprint density at radius 3 is 1.48 bits per heavy atom. The van der Waals surface area contributed by atoms with E-state index in [4.69, 9.17) is 0 Å². The summed E-state index contributed by atoms with van der Waals surface area (Å²) < 4.78 is 0. The maximum Gasteiger partial charge on any atom is 0.253 e. The molecule has 1 aliphatic rings. The number of likely N-dealkylation sites (tertiary alicyclic amines) is 1. The van der Waals surface area contributed by atoms with Crippen LogP contribution in [0.3, 0.4) is 0 Å². The van der Waals surface area contributed by atoms with Crippen LogP contribution in [0.5, 0.6) is 0 Å². The van der Waals surface area contributed by atoms with E-state index in [0.29, 0.717) is 0 Å². The van der Waals surface area contributed by atoms with E-state index in [1.165, 1.54) is 23.1 Å². The first-order chi connectivity index (χ1) is 16.3. The standard InChI is InChI=1S/C31H29NO/c33-30(32-22-11-4-12-23-32)25-14-13-21-29(24-25)31(26-15-5-1-6-16-26,27-17-7-2-8-18-27)28-19-9-3-10-20-28/h1-3,5-10,13-21,24H,4,11-12,22-23H2. The maximum absolute atomic E-state index is 13.4. The van der Waals surface area contributed by atoms with Gasteiger partial charge in [0.25, 0.3) is 5.91 Å². The van der Waals surface area contributed by atoms with Crippen molar-refractivity contribution in [3.8, 4) is 0 Å². The molecule has 0 radical (unpaired) electrons. The van der Waals surface area contributed by atoms with Crippen LogP contribution in [0.4, 0.5) is 0 Å². The molecule has 33 heavy (non-hydrogen) atoms. The summed E-state index contributed by atoms with van der Waals surface area (Å²) in [7, 11) is 0. The lowest BCUT2D eigenvalue weighted by Crippen LogP contribution is -2.36. The second-order valence-electron chi connectivity index (χ2n) is 8.78. The van der Waals surface area contributed by atoms with Crippen molar-refractivity contribution in [2.45, 2.75) is 24.7 Å². The molecule has 0 spiro atoms. The van der Waals surface area contributed by atoms with Crippen LogP contribution in [0.2, 0.25) is 0 Å². The van der Waals surface area contributed by atoms with E-state index in [2.05, 4.69) is 103 Å². The molecular formula is C31H29NO. The molecular weight excluding hydrogens is 402 g/mol. The fraction of sp³-hybridized carbons (Fsp3) is 0.194. The first-order valence-electron chi connectivity index (χ1n) is 11.9. The van der Waals surface area contributed by atoms with Gasteiger partial charge < -0.3 is 4.90 Å². The van der Waals surface area contributed by atoms with Crippen molar-refractivity contribution in [1.29, 1.82) is 0 Å². The Kier molecular flexibility index (Phi) is 6.08. The lowest BCUT2D eigenvalue weighted by molar-refractivity contribution is 0.0724. The van der Waals surface area contributed by atoms with Gasteiger partial charge in [0.05, 0.1) is 5.41 Å². The van der Waals surface area contributed by atoms with Gasteiger partial charge in [0.1, 0.15) is 0 Å². The van der Waals surface area contributed by atoms with Gasteiger partial charge in [-0.3, -0.25) is 4.79 Å². The Labute approximate surface area is 196 Å². The molecule has 0 atom stereocenters. The Bertz CT molecular complexity index is 1100. The highest BCUT2D eigenvalue weighted by Gasteiger charge is 2.38. The Morgan fingerprint density at radius 2 is 1.00 bits per heavy atom. The molecule has 2 heteroatoms. The first-order valence-corrected chi connectivity index (χ1v) is 11.9. The van der Waals surface area contributed by atoms with Gasteiger partial charge in [0.2, 0.25) is 0 Å². The number of benzene rings is 4. The Balaban J connectivity index is 1.74. The predicted octanol–water partition coefficient (Wildman–Crippen LogP) is 6.70. The smallest absolute Gasteiger partial charge is 0.253 e. The average molecular weight is 432 g/mol. The van der Waals surface area contributed by atoms with Gasteiger partial charge in [-0.2, -0.15) is 0 Å². The fourth-order valence-electron chi connectivity index (χ4n) is 5.23. The molecule has 1 saturated heterocycles. The van der Waals surface area contributed by atoms with Gasteiger partial charge in [0.15, 0.2) is 0 Å². The SMILES string of the molecule is O=C(c1cccc(C(c2ccccc2)(c2ccccc2)c2ccccc2)c1)N1CCCCC1. The average Bonchev–Trinajstić information content (AvgIpc) is 2.91. The Hall–Kier alpha value is -3.65. The molecule has 1 aliphatic heterocycles. The van der Waals surface area contributed by atoms with E-state index in [9.17, 15) is 4.79 Å². The molecule has 0 N–H and O–H groups in total. The number of amides is 1. The quantitative estimate of drug-likeness (QED) is 0.322. The van der Waals surface area contributed by atoms with E-state index in [0.717, 1.165) is 37.1 Å². The van der Waals surface area contributed by atoms with Gasteiger partial charge in [-0.25, -0.2) is 0 Å². The molecule has 1 amide bonds. The molecule has 4 aromatic rings. The third kappa shape index (κ3) is 3.98. The van der Waals surface area contributed by atoms with Crippen molar-refractivity contribution < 1.29 is 4.79 Å². The molecule has 0 saturated carbocycles. The number of nitrogens with zero attached hydrogens (tertiary/aromatic N) is 1. The molecule has 0 unspecified atom stereocenters. The molecule has 1 heterocycles. The molecule has 4 aromatic carbocycles. The van der Waals surface area contributed by atoms with E-state index < -0.39 is 5.41 Å². The van der Waals surface area contributed by atoms with E-state index >= 15 is 0 Å². The molecule has 5 rings (SSSR count). The van der Waals surface area contributed by atoms with Crippen molar-refractivity contribution in [3.63, 3.8) is 0 Å². The van der Waals surface area contributed by atoms with Gasteiger partial charge >= 0.3 is 0 Å². The zero-order valence-corrected chi connectivity index (χ0v) is 18.9. The number of piperidine rings is 1. The summed E-state index contributed by atoms with van der Waals surface area (Å²) in [5.41, 5.74) is 4.90. The molecule has 0 aromatic heterocycles. The first kappa shape index (κ1) is 21.2. The minimum atomic E-state index is -0.526. The summed E-state index contributed by atoms with van der Waals surface area (Å²) in [5.74, 6) is 0.139. The third-order valence-corrected chi connectivity index (χ3v) is 6.81. The van der Waals surface area contributed by atoms with E-state index in [-0.39, 0.29) is 5.91 Å². The van der Waals surface area contributed by atoms with Crippen molar-refractivity contribution in [2.24, 2.45) is 0 Å². The normalized spacial score (nSPS) is 14.1. The van der Waals surface area contributed by atoms with Crippen molar-refractivity contribution in [3.05, 3.63) is 143 Å². The molecule has 0 bridgehead atoms. The van der Waals surface area contributed by atoms with Crippen molar-refractivity contribution in [2.75, 3.05) is 13.1 Å². The van der Waals surface area contributed by atoms with E-state index in [1.54, 1.807) is 0 Å². The lowest BCUT2D eigenvalue weighted by atomic mass is 9.65. The van der Waals surface area contributed by atoms with Crippen LogP contribution in [-0.4, -0.2) is 23.9 Å². The summed E-state index contributed by atoms with van der Waals surface area (Å²) in [5, 5.41) is 0. The van der Waals surface area contributed by atoms with Gasteiger partial charge in [-0.05, 0) is 53.6 Å². The Morgan fingerprint density at radius 1 is 0.545 bits per heavy atom. The predicted molar refractivity (Wildman–Crippen MR) is 135 cm³/mol. The summed E-state index contributed by atoms with van der Waals surface area (Å²) >= 11 is 0. The van der Waals surface area contributed by atoms with E-state index in [1.807, 2.05) is 17.0 Å². The number of carbonyl (C=O) groups excluding carboxylic acids is 1. The summed E-state index contributed by atoms with van der Waals surface area (Å²) in [4.78, 5) is 15.4. The largest absolute Gasteiger partial charge is 0.339 e. The fourth-order valence-corrected chi connectivity index (χ4v) is 5.23. The summed E-state index contributed by atoms with van der Waals surface area (Å²) in [6.45, 7) is 1.70. The van der Waals surface area contributed by atoms with Gasteiger partial charge in [-0.1, -0.05) is 103 Å². The topological polar surface area (TPSA) is 20.3 Å². The van der Waals surface area contributed by atoms with Crippen LogP contribution in [0, 0.1) is 0 Å². The number of hydrogen-bond donors (Lipinski definition) is 0. The maximum atomic E-state index is 13.4. The molecule has 2 nitrogen and oxygen atoms in total. The van der Waals surface area contributed by atoms with Crippen LogP contribution < -0.4 is 0 Å². The lowest BCUT2D eigenvalue weighted by Gasteiger charge is -2.37. The van der Waals surface area contributed by atoms with Gasteiger partial charge in [0, 0.05) is 18.7 Å². The number of carbonyl (C=O) groups is 1. The van der Waals surface area contributed by atoms with Gasteiger partial charge in [-0.15, -0.1) is 0 Å². The third-order valence-electron chi connectivity index (χ3n) is 6.81. The second-order valence-corrected chi connectivity index (χ2v) is 8.78. The van der Waals surface area contributed by atoms with Crippen LogP contribution >= 0.6 is 0 Å². The van der Waals surface area contributed by atoms with Crippen LogP contribution in [0.25, 0.3) is 0 Å². The number of hydrogen-bond acceptors (Lipinski definition) is 1. The van der Waals surface area contributed by atoms with Crippen LogP contribution in [0.1, 0.15) is 51.9 Å². The molecule has 0 aliphatic carbocycles. The molecule has 164 valence electrons. The summed E-state index contributed by atoms with van der Waals surface area (Å²) in [6.07, 6.45) is 3.39. The van der Waals surface area contributed by atoms with Crippen molar-refractivity contribution >= 4 is 5.91 Å². The highest BCUT2D eigenvalue weighted by molar-refractivity contribution is 5.94. The minimum absolute atomic E-state index is 0.139. The zero-order valence-electron chi connectivity index (χ0n) is 18.9. The zero-order chi connectivity index (χ0) is 22.5. The van der Waals surface area contributed by atoms with Crippen LogP contribution in [-0.2, 0) is 5.41 Å². The summed E-state index contributed by atoms with van der Waals surface area (Å²) in [6, 6.07) is 40.2. The highest BCUT2D eigenvalue weighted by Crippen LogP contribution is 2.45. The molecule has 1 fully saturated rings. The monoisotopic (exact) mass is 431 g/mol. The highest BCUT2D eigenvalue weighted by atomic mass is 16.2. The van der Waals surface area contributed by atoms with Crippen molar-refractivity contribution in [1.82, 2.24) is 4.90 Å².